The van der Waals surface area contributed by atoms with Crippen molar-refractivity contribution in [2.75, 3.05) is 51.3 Å². The molecule has 0 radical (unpaired) electrons. The van der Waals surface area contributed by atoms with Crippen molar-refractivity contribution in [3.63, 3.8) is 0 Å². The van der Waals surface area contributed by atoms with Gasteiger partial charge >= 0.3 is 0 Å². The molecule has 1 saturated heterocycles. The molecule has 26 heavy (non-hydrogen) atoms. The van der Waals surface area contributed by atoms with E-state index in [4.69, 9.17) is 16.3 Å². The van der Waals surface area contributed by atoms with Crippen molar-refractivity contribution in [3.05, 3.63) is 53.8 Å². The van der Waals surface area contributed by atoms with E-state index in [0.29, 0.717) is 13.2 Å². The Morgan fingerprint density at radius 2 is 2.08 bits per heavy atom. The molecule has 1 aromatic carbocycles. The quantitative estimate of drug-likeness (QED) is 0.496. The number of rotatable bonds is 5. The lowest BCUT2D eigenvalue weighted by molar-refractivity contribution is 0.314. The first kappa shape index (κ1) is 18.3. The van der Waals surface area contributed by atoms with E-state index < -0.39 is 0 Å². The summed E-state index contributed by atoms with van der Waals surface area (Å²) in [6, 6.07) is 11.8. The normalized spacial score (nSPS) is 15.1. The highest BCUT2D eigenvalue weighted by atomic mass is 35.5. The fourth-order valence-corrected chi connectivity index (χ4v) is 3.13. The van der Waals surface area contributed by atoms with E-state index >= 15 is 0 Å². The summed E-state index contributed by atoms with van der Waals surface area (Å²) in [5.41, 5.74) is 1.17. The molecule has 0 aliphatic carbocycles. The van der Waals surface area contributed by atoms with E-state index in [9.17, 15) is 0 Å². The molecule has 0 saturated carbocycles. The lowest BCUT2D eigenvalue weighted by Crippen LogP contribution is -2.53. The SMILES string of the molecule is CN=C(NCCOc1cccnc1)N1CCN(c2cccc(Cl)c2)CC1. The van der Waals surface area contributed by atoms with Gasteiger partial charge in [-0.15, -0.1) is 0 Å². The lowest BCUT2D eigenvalue weighted by Gasteiger charge is -2.37. The van der Waals surface area contributed by atoms with Gasteiger partial charge in [-0.3, -0.25) is 9.98 Å². The largest absolute Gasteiger partial charge is 0.490 e. The number of piperazine rings is 1. The molecule has 1 aliphatic heterocycles. The summed E-state index contributed by atoms with van der Waals surface area (Å²) in [7, 11) is 1.81. The zero-order valence-corrected chi connectivity index (χ0v) is 15.7. The van der Waals surface area contributed by atoms with Gasteiger partial charge in [0.05, 0.1) is 12.7 Å². The molecule has 1 aromatic heterocycles. The average Bonchev–Trinajstić information content (AvgIpc) is 2.69. The minimum atomic E-state index is 0.563. The van der Waals surface area contributed by atoms with E-state index in [1.807, 2.05) is 37.4 Å². The first-order valence-corrected chi connectivity index (χ1v) is 9.13. The number of pyridine rings is 1. The predicted molar refractivity (Wildman–Crippen MR) is 106 cm³/mol. The molecule has 3 rings (SSSR count). The van der Waals surface area contributed by atoms with E-state index in [0.717, 1.165) is 42.9 Å². The van der Waals surface area contributed by atoms with E-state index in [2.05, 4.69) is 31.2 Å². The van der Waals surface area contributed by atoms with Gasteiger partial charge in [-0.2, -0.15) is 0 Å². The van der Waals surface area contributed by atoms with Crippen LogP contribution in [0.4, 0.5) is 5.69 Å². The number of nitrogens with zero attached hydrogens (tertiary/aromatic N) is 4. The number of hydrogen-bond acceptors (Lipinski definition) is 4. The summed E-state index contributed by atoms with van der Waals surface area (Å²) in [5.74, 6) is 1.69. The van der Waals surface area contributed by atoms with Crippen molar-refractivity contribution in [2.24, 2.45) is 4.99 Å². The van der Waals surface area contributed by atoms with Gasteiger partial charge in [0.25, 0.3) is 0 Å². The fraction of sp³-hybridized carbons (Fsp3) is 0.368. The molecule has 6 nitrogen and oxygen atoms in total. The fourth-order valence-electron chi connectivity index (χ4n) is 2.95. The topological polar surface area (TPSA) is 53.0 Å². The van der Waals surface area contributed by atoms with Crippen molar-refractivity contribution in [1.82, 2.24) is 15.2 Å². The molecular formula is C19H24ClN5O. The highest BCUT2D eigenvalue weighted by Gasteiger charge is 2.19. The van der Waals surface area contributed by atoms with Gasteiger partial charge in [0, 0.05) is 50.1 Å². The van der Waals surface area contributed by atoms with Crippen molar-refractivity contribution in [2.45, 2.75) is 0 Å². The van der Waals surface area contributed by atoms with Crippen molar-refractivity contribution >= 4 is 23.2 Å². The van der Waals surface area contributed by atoms with Crippen molar-refractivity contribution in [1.29, 1.82) is 0 Å². The average molecular weight is 374 g/mol. The summed E-state index contributed by atoms with van der Waals surface area (Å²) >= 11 is 6.10. The van der Waals surface area contributed by atoms with Gasteiger partial charge in [-0.1, -0.05) is 17.7 Å². The number of guanidine groups is 1. The molecule has 0 spiro atoms. The van der Waals surface area contributed by atoms with E-state index in [1.165, 1.54) is 5.69 Å². The van der Waals surface area contributed by atoms with Crippen LogP contribution in [0.25, 0.3) is 0 Å². The summed E-state index contributed by atoms with van der Waals surface area (Å²) < 4.78 is 5.66. The predicted octanol–water partition coefficient (Wildman–Crippen LogP) is 2.51. The summed E-state index contributed by atoms with van der Waals surface area (Å²) in [4.78, 5) is 13.0. The third-order valence-electron chi connectivity index (χ3n) is 4.25. The van der Waals surface area contributed by atoms with Gasteiger partial charge in [0.15, 0.2) is 5.96 Å². The van der Waals surface area contributed by atoms with E-state index in [-0.39, 0.29) is 0 Å². The second kappa shape index (κ2) is 9.29. The van der Waals surface area contributed by atoms with Crippen LogP contribution >= 0.6 is 11.6 Å². The minimum Gasteiger partial charge on any atom is -0.490 e. The first-order chi connectivity index (χ1) is 12.8. The molecule has 1 fully saturated rings. The highest BCUT2D eigenvalue weighted by Crippen LogP contribution is 2.20. The summed E-state index contributed by atoms with van der Waals surface area (Å²) in [6.07, 6.45) is 3.44. The Bertz CT molecular complexity index is 717. The maximum absolute atomic E-state index is 6.10. The van der Waals surface area contributed by atoms with Crippen LogP contribution in [0.15, 0.2) is 53.8 Å². The van der Waals surface area contributed by atoms with Crippen LogP contribution in [-0.4, -0.2) is 62.2 Å². The number of ether oxygens (including phenoxy) is 1. The zero-order valence-electron chi connectivity index (χ0n) is 14.9. The van der Waals surface area contributed by atoms with Crippen LogP contribution < -0.4 is 15.0 Å². The first-order valence-electron chi connectivity index (χ1n) is 8.75. The van der Waals surface area contributed by atoms with Crippen LogP contribution in [0.1, 0.15) is 0 Å². The molecule has 2 aromatic rings. The second-order valence-electron chi connectivity index (χ2n) is 5.97. The molecular weight excluding hydrogens is 350 g/mol. The lowest BCUT2D eigenvalue weighted by atomic mass is 10.2. The van der Waals surface area contributed by atoms with Crippen LogP contribution in [-0.2, 0) is 0 Å². The van der Waals surface area contributed by atoms with Crippen molar-refractivity contribution in [3.8, 4) is 5.75 Å². The smallest absolute Gasteiger partial charge is 0.193 e. The number of hydrogen-bond donors (Lipinski definition) is 1. The Balaban J connectivity index is 1.43. The Morgan fingerprint density at radius 3 is 2.77 bits per heavy atom. The zero-order chi connectivity index (χ0) is 18.2. The van der Waals surface area contributed by atoms with Gasteiger partial charge in [0.2, 0.25) is 0 Å². The molecule has 0 amide bonds. The maximum Gasteiger partial charge on any atom is 0.193 e. The second-order valence-corrected chi connectivity index (χ2v) is 6.40. The minimum absolute atomic E-state index is 0.563. The molecule has 0 atom stereocenters. The Labute approximate surface area is 159 Å². The molecule has 0 unspecified atom stereocenters. The Kier molecular flexibility index (Phi) is 6.55. The summed E-state index contributed by atoms with van der Waals surface area (Å²) in [5, 5.41) is 4.14. The summed E-state index contributed by atoms with van der Waals surface area (Å²) in [6.45, 7) is 4.95. The van der Waals surface area contributed by atoms with Gasteiger partial charge in [0.1, 0.15) is 12.4 Å². The third-order valence-corrected chi connectivity index (χ3v) is 4.49. The van der Waals surface area contributed by atoms with Crippen molar-refractivity contribution < 1.29 is 4.74 Å². The molecule has 138 valence electrons. The Morgan fingerprint density at radius 1 is 1.23 bits per heavy atom. The van der Waals surface area contributed by atoms with Gasteiger partial charge in [-0.25, -0.2) is 0 Å². The third kappa shape index (κ3) is 5.02. The molecule has 2 heterocycles. The highest BCUT2D eigenvalue weighted by molar-refractivity contribution is 6.30. The number of anilines is 1. The maximum atomic E-state index is 6.10. The molecule has 1 aliphatic rings. The van der Waals surface area contributed by atoms with Crippen LogP contribution in [0.2, 0.25) is 5.02 Å². The monoisotopic (exact) mass is 373 g/mol. The number of aromatic nitrogens is 1. The molecule has 0 bridgehead atoms. The number of nitrogens with one attached hydrogen (secondary N) is 1. The van der Waals surface area contributed by atoms with Gasteiger partial charge < -0.3 is 19.9 Å². The Hall–Kier alpha value is -2.47. The van der Waals surface area contributed by atoms with Gasteiger partial charge in [-0.05, 0) is 30.3 Å². The standard InChI is InChI=1S/C19H24ClN5O/c1-21-19(23-8-13-26-18-6-3-7-22-15-18)25-11-9-24(10-12-25)17-5-2-4-16(20)14-17/h2-7,14-15H,8-13H2,1H3,(H,21,23). The molecule has 7 heteroatoms. The van der Waals surface area contributed by atoms with Crippen LogP contribution in [0.5, 0.6) is 5.75 Å². The van der Waals surface area contributed by atoms with Crippen LogP contribution in [0.3, 0.4) is 0 Å². The number of benzene rings is 1. The number of aliphatic imine (C=N–C) groups is 1. The molecule has 1 N–H and O–H groups in total. The van der Waals surface area contributed by atoms with E-state index in [1.54, 1.807) is 12.4 Å². The number of halogens is 1. The van der Waals surface area contributed by atoms with Crippen LogP contribution in [0, 0.1) is 0 Å².